The van der Waals surface area contributed by atoms with Gasteiger partial charge in [0.05, 0.1) is 12.7 Å². The van der Waals surface area contributed by atoms with E-state index in [0.717, 1.165) is 23.4 Å². The second-order valence-corrected chi connectivity index (χ2v) is 12.8. The summed E-state index contributed by atoms with van der Waals surface area (Å²) < 4.78 is 44.2. The van der Waals surface area contributed by atoms with E-state index in [1.165, 1.54) is 19.2 Å². The number of thioether (sulfide) groups is 1. The third kappa shape index (κ3) is 9.05. The van der Waals surface area contributed by atoms with Crippen LogP contribution in [0.1, 0.15) is 33.9 Å². The van der Waals surface area contributed by atoms with Gasteiger partial charge in [0.2, 0.25) is 5.91 Å². The van der Waals surface area contributed by atoms with Gasteiger partial charge in [0, 0.05) is 43.1 Å². The number of ether oxygens (including phenoxy) is 1. The topological polar surface area (TPSA) is 91.0 Å². The molecule has 2 unspecified atom stereocenters. The molecule has 0 radical (unpaired) electrons. The highest BCUT2D eigenvalue weighted by molar-refractivity contribution is 7.98. The normalized spacial score (nSPS) is 14.8. The molecule has 2 amide bonds. The average Bonchev–Trinajstić information content (AvgIpc) is 3.14. The van der Waals surface area contributed by atoms with E-state index in [4.69, 9.17) is 4.74 Å². The van der Waals surface area contributed by atoms with E-state index in [0.29, 0.717) is 60.7 Å². The molecular weight excluding hydrogens is 666 g/mol. The third-order valence-electron chi connectivity index (χ3n) is 8.64. The summed E-state index contributed by atoms with van der Waals surface area (Å²) in [6, 6.07) is 27.2. The molecule has 0 bridgehead atoms. The molecule has 50 heavy (non-hydrogen) atoms. The number of anilines is 2. The molecule has 5 rings (SSSR count). The number of rotatable bonds is 12. The van der Waals surface area contributed by atoms with Crippen LogP contribution in [-0.2, 0) is 20.5 Å². The van der Waals surface area contributed by atoms with Gasteiger partial charge in [-0.05, 0) is 77.6 Å². The van der Waals surface area contributed by atoms with Gasteiger partial charge in [-0.3, -0.25) is 14.5 Å². The lowest BCUT2D eigenvalue weighted by Crippen LogP contribution is -2.53. The first-order chi connectivity index (χ1) is 24.1. The number of alkyl halides is 3. The van der Waals surface area contributed by atoms with Crippen molar-refractivity contribution in [3.8, 4) is 11.1 Å². The minimum Gasteiger partial charge on any atom is -0.467 e. The number of nitrogens with zero attached hydrogens (tertiary/aromatic N) is 2. The Morgan fingerprint density at radius 3 is 2.10 bits per heavy atom. The summed E-state index contributed by atoms with van der Waals surface area (Å²) in [7, 11) is 1.32. The van der Waals surface area contributed by atoms with E-state index in [1.54, 1.807) is 36.0 Å². The fourth-order valence-corrected chi connectivity index (χ4v) is 6.48. The Morgan fingerprint density at radius 2 is 1.48 bits per heavy atom. The van der Waals surface area contributed by atoms with Crippen LogP contribution in [0.2, 0.25) is 0 Å². The number of hydrogen-bond acceptors (Lipinski definition) is 7. The number of benzene rings is 4. The Morgan fingerprint density at radius 1 is 0.840 bits per heavy atom. The number of piperazine rings is 1. The molecule has 1 aliphatic rings. The lowest BCUT2D eigenvalue weighted by molar-refractivity contribution is -0.146. The number of nitrogens with one attached hydrogen (secondary N) is 2. The van der Waals surface area contributed by atoms with Crippen LogP contribution in [0.3, 0.4) is 0 Å². The van der Waals surface area contributed by atoms with Gasteiger partial charge >= 0.3 is 12.1 Å². The van der Waals surface area contributed by atoms with Crippen LogP contribution in [0.15, 0.2) is 103 Å². The first kappa shape index (κ1) is 36.5. The van der Waals surface area contributed by atoms with Gasteiger partial charge in [-0.25, -0.2) is 4.79 Å². The fourth-order valence-electron chi connectivity index (χ4n) is 6.00. The second-order valence-electron chi connectivity index (χ2n) is 11.8. The summed E-state index contributed by atoms with van der Waals surface area (Å²) in [4.78, 5) is 43.8. The van der Waals surface area contributed by atoms with Gasteiger partial charge < -0.3 is 20.3 Å². The van der Waals surface area contributed by atoms with Crippen LogP contribution in [0.25, 0.3) is 11.1 Å². The standard InChI is InChI=1S/C38H39F3N4O4S/c1-49-37(48)33(20-25-50-2)43-36(47)34(27-8-4-3-5-9-27)45-23-21-44(22-24-45)30-18-16-29(17-19-30)42-35(46)32-11-7-6-10-31(32)26-12-14-28(15-13-26)38(39,40)41/h3-19,33-34H,20-25H2,1-2H3,(H,42,46)(H,43,47). The number of carbonyl (C=O) groups excluding carboxylic acids is 3. The molecule has 1 heterocycles. The molecule has 4 aromatic rings. The fraction of sp³-hybridized carbons (Fsp3) is 0.289. The first-order valence-corrected chi connectivity index (χ1v) is 17.6. The van der Waals surface area contributed by atoms with Crippen LogP contribution in [0, 0.1) is 0 Å². The van der Waals surface area contributed by atoms with Gasteiger partial charge in [-0.2, -0.15) is 24.9 Å². The lowest BCUT2D eigenvalue weighted by Gasteiger charge is -2.40. The Kier molecular flexibility index (Phi) is 12.2. The van der Waals surface area contributed by atoms with Crippen molar-refractivity contribution >= 4 is 40.9 Å². The monoisotopic (exact) mass is 704 g/mol. The summed E-state index contributed by atoms with van der Waals surface area (Å²) in [5.41, 5.74) is 2.98. The Balaban J connectivity index is 1.23. The Bertz CT molecular complexity index is 1750. The number of halogens is 3. The van der Waals surface area contributed by atoms with Crippen molar-refractivity contribution in [3.05, 3.63) is 120 Å². The Hall–Kier alpha value is -4.81. The summed E-state index contributed by atoms with van der Waals surface area (Å²) in [5.74, 6) is -0.393. The van der Waals surface area contributed by atoms with Crippen LogP contribution < -0.4 is 15.5 Å². The lowest BCUT2D eigenvalue weighted by atomic mass is 9.98. The molecule has 8 nitrogen and oxygen atoms in total. The van der Waals surface area contributed by atoms with Crippen molar-refractivity contribution < 1.29 is 32.3 Å². The zero-order valence-corrected chi connectivity index (χ0v) is 28.6. The summed E-state index contributed by atoms with van der Waals surface area (Å²) in [5, 5.41) is 5.84. The summed E-state index contributed by atoms with van der Waals surface area (Å²) >= 11 is 1.59. The smallest absolute Gasteiger partial charge is 0.416 e. The van der Waals surface area contributed by atoms with Gasteiger partial charge in [0.15, 0.2) is 0 Å². The number of carbonyl (C=O) groups is 3. The van der Waals surface area contributed by atoms with Gasteiger partial charge in [-0.15, -0.1) is 0 Å². The maximum atomic E-state index is 13.7. The predicted octanol–water partition coefficient (Wildman–Crippen LogP) is 6.90. The molecule has 2 N–H and O–H groups in total. The van der Waals surface area contributed by atoms with E-state index in [-0.39, 0.29) is 11.8 Å². The van der Waals surface area contributed by atoms with Crippen LogP contribution >= 0.6 is 11.8 Å². The molecule has 0 aliphatic carbocycles. The van der Waals surface area contributed by atoms with Gasteiger partial charge in [0.1, 0.15) is 12.1 Å². The molecule has 12 heteroatoms. The average molecular weight is 705 g/mol. The molecule has 4 aromatic carbocycles. The zero-order valence-electron chi connectivity index (χ0n) is 27.8. The molecule has 262 valence electrons. The van der Waals surface area contributed by atoms with E-state index in [1.807, 2.05) is 60.9 Å². The molecule has 2 atom stereocenters. The van der Waals surface area contributed by atoms with Crippen LogP contribution in [0.5, 0.6) is 0 Å². The molecule has 0 aromatic heterocycles. The highest BCUT2D eigenvalue weighted by Crippen LogP contribution is 2.32. The van der Waals surface area contributed by atoms with Crippen LogP contribution in [0.4, 0.5) is 24.5 Å². The highest BCUT2D eigenvalue weighted by Gasteiger charge is 2.33. The highest BCUT2D eigenvalue weighted by atomic mass is 32.2. The SMILES string of the molecule is COC(=O)C(CCSC)NC(=O)C(c1ccccc1)N1CCN(c2ccc(NC(=O)c3ccccc3-c3ccc(C(F)(F)F)cc3)cc2)CC1. The first-order valence-electron chi connectivity index (χ1n) is 16.2. The summed E-state index contributed by atoms with van der Waals surface area (Å²) in [6.45, 7) is 2.49. The van der Waals surface area contributed by atoms with Crippen molar-refractivity contribution in [3.63, 3.8) is 0 Å². The number of hydrogen-bond donors (Lipinski definition) is 2. The molecule has 0 spiro atoms. The van der Waals surface area contributed by atoms with Gasteiger partial charge in [-0.1, -0.05) is 60.7 Å². The van der Waals surface area contributed by atoms with Crippen molar-refractivity contribution in [2.75, 3.05) is 55.5 Å². The number of esters is 1. The second kappa shape index (κ2) is 16.7. The molecule has 0 saturated carbocycles. The third-order valence-corrected chi connectivity index (χ3v) is 9.29. The molecule has 1 aliphatic heterocycles. The largest absolute Gasteiger partial charge is 0.467 e. The predicted molar refractivity (Wildman–Crippen MR) is 191 cm³/mol. The van der Waals surface area contributed by atoms with Gasteiger partial charge in [0.25, 0.3) is 5.91 Å². The minimum atomic E-state index is -4.44. The number of amides is 2. The van der Waals surface area contributed by atoms with Crippen molar-refractivity contribution in [1.29, 1.82) is 0 Å². The Labute approximate surface area is 294 Å². The van der Waals surface area contributed by atoms with Crippen molar-refractivity contribution in [1.82, 2.24) is 10.2 Å². The van der Waals surface area contributed by atoms with E-state index in [2.05, 4.69) is 20.4 Å². The maximum Gasteiger partial charge on any atom is 0.416 e. The molecular formula is C38H39F3N4O4S. The summed E-state index contributed by atoms with van der Waals surface area (Å²) in [6.07, 6.45) is -2.03. The zero-order chi connectivity index (χ0) is 35.7. The quantitative estimate of drug-likeness (QED) is 0.155. The van der Waals surface area contributed by atoms with Crippen LogP contribution in [-0.4, -0.2) is 74.0 Å². The maximum absolute atomic E-state index is 13.7. The van der Waals surface area contributed by atoms with Crippen molar-refractivity contribution in [2.24, 2.45) is 0 Å². The van der Waals surface area contributed by atoms with E-state index < -0.39 is 29.8 Å². The molecule has 1 saturated heterocycles. The van der Waals surface area contributed by atoms with E-state index in [9.17, 15) is 27.6 Å². The number of methoxy groups -OCH3 is 1. The van der Waals surface area contributed by atoms with E-state index >= 15 is 0 Å². The minimum absolute atomic E-state index is 0.249. The molecule has 1 fully saturated rings. The van der Waals surface area contributed by atoms with Crippen molar-refractivity contribution in [2.45, 2.75) is 24.7 Å².